The quantitative estimate of drug-likeness (QED) is 0.757. The number of methoxy groups -OCH3 is 1. The molecule has 1 aromatic carbocycles. The Morgan fingerprint density at radius 1 is 1.00 bits per heavy atom. The van der Waals surface area contributed by atoms with Crippen LogP contribution in [0.4, 0.5) is 0 Å². The maximum atomic E-state index is 12.6. The molecular weight excluding hydrogens is 314 g/mol. The summed E-state index contributed by atoms with van der Waals surface area (Å²) in [5.74, 6) is 1.87. The Hall–Kier alpha value is -1.84. The third-order valence-electron chi connectivity index (χ3n) is 5.78. The van der Waals surface area contributed by atoms with Gasteiger partial charge < -0.3 is 9.64 Å². The molecule has 0 unspecified atom stereocenters. The van der Waals surface area contributed by atoms with E-state index in [1.54, 1.807) is 7.11 Å². The maximum absolute atomic E-state index is 12.6. The normalized spacial score (nSPS) is 19.6. The second-order valence-electron chi connectivity index (χ2n) is 7.46. The summed E-state index contributed by atoms with van der Waals surface area (Å²) in [7, 11) is 1.62. The van der Waals surface area contributed by atoms with Gasteiger partial charge in [0.2, 0.25) is 5.91 Å². The highest BCUT2D eigenvalue weighted by Gasteiger charge is 2.29. The summed E-state index contributed by atoms with van der Waals surface area (Å²) in [6.45, 7) is 1.44. The van der Waals surface area contributed by atoms with Crippen molar-refractivity contribution in [3.8, 4) is 5.75 Å². The number of carbonyl (C=O) groups is 2. The first-order valence-electron chi connectivity index (χ1n) is 9.63. The third-order valence-corrected chi connectivity index (χ3v) is 5.78. The van der Waals surface area contributed by atoms with Gasteiger partial charge in [0.05, 0.1) is 7.11 Å². The smallest absolute Gasteiger partial charge is 0.222 e. The monoisotopic (exact) mass is 343 g/mol. The Balaban J connectivity index is 1.48. The molecule has 1 heterocycles. The molecule has 0 aromatic heterocycles. The van der Waals surface area contributed by atoms with Crippen molar-refractivity contribution in [3.05, 3.63) is 29.8 Å². The van der Waals surface area contributed by atoms with Crippen LogP contribution < -0.4 is 4.74 Å². The van der Waals surface area contributed by atoms with E-state index < -0.39 is 0 Å². The summed E-state index contributed by atoms with van der Waals surface area (Å²) in [6.07, 6.45) is 8.55. The van der Waals surface area contributed by atoms with Gasteiger partial charge in [-0.15, -0.1) is 0 Å². The number of benzene rings is 1. The van der Waals surface area contributed by atoms with Crippen LogP contribution in [0.3, 0.4) is 0 Å². The summed E-state index contributed by atoms with van der Waals surface area (Å²) in [6, 6.07) is 7.33. The number of carbonyl (C=O) groups excluding carboxylic acids is 2. The molecule has 1 aliphatic heterocycles. The van der Waals surface area contributed by atoms with Crippen LogP contribution in [0.1, 0.15) is 61.7 Å². The summed E-state index contributed by atoms with van der Waals surface area (Å²) in [5.41, 5.74) is 0.743. The van der Waals surface area contributed by atoms with Gasteiger partial charge in [-0.3, -0.25) is 9.59 Å². The lowest BCUT2D eigenvalue weighted by atomic mass is 9.85. The molecule has 0 spiro atoms. The van der Waals surface area contributed by atoms with E-state index in [1.807, 2.05) is 29.2 Å². The molecule has 0 atom stereocenters. The molecule has 4 nitrogen and oxygen atoms in total. The van der Waals surface area contributed by atoms with Crippen molar-refractivity contribution >= 4 is 11.7 Å². The molecule has 2 aliphatic rings. The lowest BCUT2D eigenvalue weighted by molar-refractivity contribution is -0.133. The van der Waals surface area contributed by atoms with Gasteiger partial charge in [-0.25, -0.2) is 0 Å². The first-order valence-corrected chi connectivity index (χ1v) is 9.63. The molecule has 1 saturated heterocycles. The average Bonchev–Trinajstić information content (AvgIpc) is 2.68. The van der Waals surface area contributed by atoms with Crippen LogP contribution >= 0.6 is 0 Å². The van der Waals surface area contributed by atoms with Gasteiger partial charge in [-0.2, -0.15) is 0 Å². The number of amides is 1. The summed E-state index contributed by atoms with van der Waals surface area (Å²) >= 11 is 0. The summed E-state index contributed by atoms with van der Waals surface area (Å²) in [5, 5.41) is 0. The van der Waals surface area contributed by atoms with E-state index in [9.17, 15) is 9.59 Å². The molecule has 0 radical (unpaired) electrons. The fourth-order valence-corrected chi connectivity index (χ4v) is 4.15. The molecule has 1 aliphatic carbocycles. The lowest BCUT2D eigenvalue weighted by Crippen LogP contribution is -2.41. The van der Waals surface area contributed by atoms with E-state index in [2.05, 4.69) is 0 Å². The van der Waals surface area contributed by atoms with Crippen molar-refractivity contribution in [1.82, 2.24) is 4.90 Å². The maximum Gasteiger partial charge on any atom is 0.222 e. The van der Waals surface area contributed by atoms with E-state index >= 15 is 0 Å². The van der Waals surface area contributed by atoms with E-state index in [0.717, 1.165) is 37.2 Å². The number of hydrogen-bond acceptors (Lipinski definition) is 3. The van der Waals surface area contributed by atoms with Gasteiger partial charge >= 0.3 is 0 Å². The van der Waals surface area contributed by atoms with Crippen molar-refractivity contribution in [2.24, 2.45) is 11.8 Å². The predicted octanol–water partition coefficient (Wildman–Crippen LogP) is 4.09. The van der Waals surface area contributed by atoms with Gasteiger partial charge in [-0.1, -0.05) is 19.3 Å². The van der Waals surface area contributed by atoms with Crippen LogP contribution in [0.5, 0.6) is 5.75 Å². The number of piperidine rings is 1. The van der Waals surface area contributed by atoms with E-state index in [0.29, 0.717) is 18.2 Å². The zero-order chi connectivity index (χ0) is 17.6. The molecule has 0 bridgehead atoms. The Labute approximate surface area is 150 Å². The van der Waals surface area contributed by atoms with Crippen molar-refractivity contribution in [3.63, 3.8) is 0 Å². The summed E-state index contributed by atoms with van der Waals surface area (Å²) < 4.78 is 5.14. The van der Waals surface area contributed by atoms with E-state index in [-0.39, 0.29) is 11.7 Å². The first kappa shape index (κ1) is 18.0. The molecule has 0 N–H and O–H groups in total. The number of Topliss-reactive ketones (excluding diaryl/α,β-unsaturated/α-hetero) is 1. The highest BCUT2D eigenvalue weighted by molar-refractivity contribution is 5.98. The van der Waals surface area contributed by atoms with Crippen LogP contribution in [0, 0.1) is 11.8 Å². The zero-order valence-corrected chi connectivity index (χ0v) is 15.2. The standard InChI is InChI=1S/C21H29NO3/c1-25-19-9-7-17(8-10-19)21(24)18-11-13-22(14-12-18)20(23)15-16-5-3-2-4-6-16/h7-10,16,18H,2-6,11-15H2,1H3. The highest BCUT2D eigenvalue weighted by atomic mass is 16.5. The van der Waals surface area contributed by atoms with Gasteiger partial charge in [-0.05, 0) is 55.9 Å². The fraction of sp³-hybridized carbons (Fsp3) is 0.619. The van der Waals surface area contributed by atoms with Crippen molar-refractivity contribution in [1.29, 1.82) is 0 Å². The molecular formula is C21H29NO3. The fourth-order valence-electron chi connectivity index (χ4n) is 4.15. The third kappa shape index (κ3) is 4.62. The van der Waals surface area contributed by atoms with Crippen LogP contribution in [-0.2, 0) is 4.79 Å². The van der Waals surface area contributed by atoms with Crippen molar-refractivity contribution in [2.45, 2.75) is 51.4 Å². The number of rotatable bonds is 5. The minimum atomic E-state index is 0.0344. The molecule has 25 heavy (non-hydrogen) atoms. The molecule has 4 heteroatoms. The second-order valence-corrected chi connectivity index (χ2v) is 7.46. The SMILES string of the molecule is COc1ccc(C(=O)C2CCN(C(=O)CC3CCCCC3)CC2)cc1. The van der Waals surface area contributed by atoms with Crippen LogP contribution in [0.25, 0.3) is 0 Å². The van der Waals surface area contributed by atoms with Crippen LogP contribution in [0.2, 0.25) is 0 Å². The predicted molar refractivity (Wildman–Crippen MR) is 97.8 cm³/mol. The Kier molecular flexibility index (Phi) is 6.11. The molecule has 3 rings (SSSR count). The first-order chi connectivity index (χ1) is 12.2. The van der Waals surface area contributed by atoms with Gasteiger partial charge in [0.25, 0.3) is 0 Å². The average molecular weight is 343 g/mol. The van der Waals surface area contributed by atoms with Crippen LogP contribution in [0.15, 0.2) is 24.3 Å². The van der Waals surface area contributed by atoms with Gasteiger partial charge in [0.15, 0.2) is 5.78 Å². The van der Waals surface area contributed by atoms with Crippen molar-refractivity contribution in [2.75, 3.05) is 20.2 Å². The molecule has 1 amide bonds. The molecule has 136 valence electrons. The number of ketones is 1. The van der Waals surface area contributed by atoms with Crippen LogP contribution in [-0.4, -0.2) is 36.8 Å². The Morgan fingerprint density at radius 2 is 1.64 bits per heavy atom. The second kappa shape index (κ2) is 8.50. The number of hydrogen-bond donors (Lipinski definition) is 0. The molecule has 1 saturated carbocycles. The molecule has 2 fully saturated rings. The van der Waals surface area contributed by atoms with Gasteiger partial charge in [0.1, 0.15) is 5.75 Å². The van der Waals surface area contributed by atoms with E-state index in [1.165, 1.54) is 32.1 Å². The lowest BCUT2D eigenvalue weighted by Gasteiger charge is -2.33. The van der Waals surface area contributed by atoms with Crippen molar-refractivity contribution < 1.29 is 14.3 Å². The number of ether oxygens (including phenoxy) is 1. The Bertz CT molecular complexity index is 582. The number of likely N-dealkylation sites (tertiary alicyclic amines) is 1. The Morgan fingerprint density at radius 3 is 2.24 bits per heavy atom. The summed E-state index contributed by atoms with van der Waals surface area (Å²) in [4.78, 5) is 27.1. The highest BCUT2D eigenvalue weighted by Crippen LogP contribution is 2.28. The molecule has 1 aromatic rings. The zero-order valence-electron chi connectivity index (χ0n) is 15.2. The number of nitrogens with zero attached hydrogens (tertiary/aromatic N) is 1. The largest absolute Gasteiger partial charge is 0.497 e. The minimum absolute atomic E-state index is 0.0344. The van der Waals surface area contributed by atoms with E-state index in [4.69, 9.17) is 4.74 Å². The topological polar surface area (TPSA) is 46.6 Å². The minimum Gasteiger partial charge on any atom is -0.497 e. The van der Waals surface area contributed by atoms with Gasteiger partial charge in [0, 0.05) is 31.0 Å².